The van der Waals surface area contributed by atoms with Gasteiger partial charge in [0.2, 0.25) is 23.0 Å². The molecule has 2 amide bonds. The van der Waals surface area contributed by atoms with Crippen LogP contribution in [0.2, 0.25) is 5.28 Å². The summed E-state index contributed by atoms with van der Waals surface area (Å²) in [6.07, 6.45) is 3.19. The van der Waals surface area contributed by atoms with E-state index in [1.54, 1.807) is 18.0 Å². The van der Waals surface area contributed by atoms with Crippen LogP contribution < -0.4 is 15.4 Å². The third kappa shape index (κ3) is 4.43. The summed E-state index contributed by atoms with van der Waals surface area (Å²) in [6.45, 7) is 6.20. The largest absolute Gasteiger partial charge is 0.418 e. The molecule has 3 aliphatic rings. The molecule has 2 saturated heterocycles. The molecule has 4 aromatic rings. The summed E-state index contributed by atoms with van der Waals surface area (Å²) in [7, 11) is 0. The standard InChI is InChI=1S/C27H27ClN8O4S/c1-13-7-29-21-19-17(41-22(21)23(38)32-13)4-3-16-20(19)30-9-18(33-16)40-24-15(8-31-26(28)34-24)10-35-6-5-27(25(35)39)11-36(12-27)14(2)37/h3-4,8-9,13,25,29,39H,5-7,10-12H2,1-2H3,(H,32,38)/t13-,25?/m1/s1. The Labute approximate surface area is 243 Å². The minimum absolute atomic E-state index is 0.00302. The second kappa shape index (κ2) is 9.72. The summed E-state index contributed by atoms with van der Waals surface area (Å²) in [5, 5.41) is 18.4. The van der Waals surface area contributed by atoms with Gasteiger partial charge in [-0.3, -0.25) is 14.5 Å². The van der Waals surface area contributed by atoms with Gasteiger partial charge in [-0.15, -0.1) is 11.3 Å². The Hall–Kier alpha value is -3.65. The van der Waals surface area contributed by atoms with Crippen molar-refractivity contribution in [3.63, 3.8) is 0 Å². The molecular formula is C27H27ClN8O4S. The van der Waals surface area contributed by atoms with Crippen molar-refractivity contribution in [3.8, 4) is 11.8 Å². The molecule has 0 saturated carbocycles. The number of aliphatic hydroxyl groups excluding tert-OH is 1. The Morgan fingerprint density at radius 2 is 2.10 bits per heavy atom. The molecule has 1 aromatic carbocycles. The van der Waals surface area contributed by atoms with Gasteiger partial charge in [0.05, 0.1) is 22.9 Å². The molecule has 2 atom stereocenters. The number of rotatable bonds is 4. The van der Waals surface area contributed by atoms with Crippen molar-refractivity contribution in [2.24, 2.45) is 5.41 Å². The molecule has 14 heteroatoms. The molecule has 212 valence electrons. The number of hydrogen-bond donors (Lipinski definition) is 3. The van der Waals surface area contributed by atoms with Gasteiger partial charge in [0.15, 0.2) is 0 Å². The number of anilines is 1. The second-order valence-electron chi connectivity index (χ2n) is 11.0. The molecule has 41 heavy (non-hydrogen) atoms. The molecule has 3 N–H and O–H groups in total. The number of likely N-dealkylation sites (tertiary alicyclic amines) is 2. The molecular weight excluding hydrogens is 568 g/mol. The third-order valence-electron chi connectivity index (χ3n) is 8.13. The minimum atomic E-state index is -0.705. The highest BCUT2D eigenvalue weighted by Gasteiger charge is 2.55. The highest BCUT2D eigenvalue weighted by Crippen LogP contribution is 2.45. The van der Waals surface area contributed by atoms with Crippen LogP contribution in [-0.4, -0.2) is 85.1 Å². The maximum atomic E-state index is 12.7. The van der Waals surface area contributed by atoms with Gasteiger partial charge in [0.25, 0.3) is 5.91 Å². The van der Waals surface area contributed by atoms with Crippen molar-refractivity contribution in [3.05, 3.63) is 40.3 Å². The molecule has 3 aliphatic heterocycles. The van der Waals surface area contributed by atoms with E-state index in [1.807, 2.05) is 24.0 Å². The van der Waals surface area contributed by atoms with Crippen LogP contribution in [0.5, 0.6) is 11.8 Å². The summed E-state index contributed by atoms with van der Waals surface area (Å²) in [5.74, 6) is 0.369. The van der Waals surface area contributed by atoms with Crippen LogP contribution in [0.3, 0.4) is 0 Å². The highest BCUT2D eigenvalue weighted by atomic mass is 35.5. The summed E-state index contributed by atoms with van der Waals surface area (Å²) < 4.78 is 7.03. The monoisotopic (exact) mass is 594 g/mol. The Bertz CT molecular complexity index is 1720. The molecule has 3 aromatic heterocycles. The van der Waals surface area contributed by atoms with Gasteiger partial charge in [0.1, 0.15) is 11.1 Å². The van der Waals surface area contributed by atoms with Crippen LogP contribution in [-0.2, 0) is 11.3 Å². The zero-order valence-corrected chi connectivity index (χ0v) is 23.9. The molecule has 1 unspecified atom stereocenters. The van der Waals surface area contributed by atoms with E-state index in [9.17, 15) is 14.7 Å². The van der Waals surface area contributed by atoms with Crippen LogP contribution in [0.25, 0.3) is 21.1 Å². The number of nitrogens with one attached hydrogen (secondary N) is 2. The fourth-order valence-electron chi connectivity index (χ4n) is 5.94. The number of aromatic nitrogens is 4. The Kier molecular flexibility index (Phi) is 6.23. The van der Waals surface area contributed by atoms with Gasteiger partial charge in [-0.05, 0) is 37.1 Å². The van der Waals surface area contributed by atoms with E-state index in [4.69, 9.17) is 16.3 Å². The number of amides is 2. The number of aliphatic hydroxyl groups is 1. The van der Waals surface area contributed by atoms with Gasteiger partial charge in [-0.2, -0.15) is 4.98 Å². The highest BCUT2D eigenvalue weighted by molar-refractivity contribution is 7.21. The molecule has 0 bridgehead atoms. The average Bonchev–Trinajstić information content (AvgIpc) is 3.41. The lowest BCUT2D eigenvalue weighted by atomic mass is 9.77. The number of ether oxygens (including phenoxy) is 1. The van der Waals surface area contributed by atoms with Crippen molar-refractivity contribution in [2.75, 3.05) is 31.5 Å². The number of carbonyl (C=O) groups is 2. The smallest absolute Gasteiger partial charge is 0.263 e. The fraction of sp³-hybridized carbons (Fsp3) is 0.407. The van der Waals surface area contributed by atoms with Gasteiger partial charge < -0.3 is 25.4 Å². The third-order valence-corrected chi connectivity index (χ3v) is 9.46. The average molecular weight is 595 g/mol. The summed E-state index contributed by atoms with van der Waals surface area (Å²) in [5.41, 5.74) is 2.36. The van der Waals surface area contributed by atoms with E-state index >= 15 is 0 Å². The second-order valence-corrected chi connectivity index (χ2v) is 12.4. The minimum Gasteiger partial charge on any atom is -0.418 e. The van der Waals surface area contributed by atoms with Crippen LogP contribution in [0.1, 0.15) is 35.5 Å². The van der Waals surface area contributed by atoms with Crippen LogP contribution in [0.15, 0.2) is 24.5 Å². The predicted molar refractivity (Wildman–Crippen MR) is 153 cm³/mol. The number of carbonyl (C=O) groups excluding carboxylic acids is 2. The molecule has 1 spiro atoms. The maximum Gasteiger partial charge on any atom is 0.263 e. The number of hydrogen-bond acceptors (Lipinski definition) is 11. The Morgan fingerprint density at radius 3 is 2.90 bits per heavy atom. The molecule has 12 nitrogen and oxygen atoms in total. The van der Waals surface area contributed by atoms with Crippen LogP contribution in [0, 0.1) is 5.41 Å². The van der Waals surface area contributed by atoms with Crippen molar-refractivity contribution < 1.29 is 19.4 Å². The lowest BCUT2D eigenvalue weighted by Crippen LogP contribution is -2.62. The zero-order valence-electron chi connectivity index (χ0n) is 22.3. The number of halogens is 1. The first-order chi connectivity index (χ1) is 19.7. The lowest BCUT2D eigenvalue weighted by molar-refractivity contribution is -0.155. The molecule has 0 radical (unpaired) electrons. The number of fused-ring (bicyclic) bond motifs is 5. The van der Waals surface area contributed by atoms with Crippen molar-refractivity contribution >= 4 is 61.6 Å². The number of thiophene rings is 1. The summed E-state index contributed by atoms with van der Waals surface area (Å²) in [4.78, 5) is 46.5. The van der Waals surface area contributed by atoms with Gasteiger partial charge in [-0.1, -0.05) is 0 Å². The van der Waals surface area contributed by atoms with E-state index in [-0.39, 0.29) is 40.3 Å². The first-order valence-electron chi connectivity index (χ1n) is 13.3. The van der Waals surface area contributed by atoms with E-state index < -0.39 is 6.23 Å². The topological polar surface area (TPSA) is 146 Å². The Balaban J connectivity index is 1.16. The van der Waals surface area contributed by atoms with Crippen molar-refractivity contribution in [1.82, 2.24) is 35.1 Å². The van der Waals surface area contributed by atoms with E-state index in [2.05, 4.69) is 30.6 Å². The molecule has 7 rings (SSSR count). The fourth-order valence-corrected chi connectivity index (χ4v) is 7.15. The Morgan fingerprint density at radius 1 is 1.27 bits per heavy atom. The van der Waals surface area contributed by atoms with Gasteiger partial charge in [0, 0.05) is 73.0 Å². The van der Waals surface area contributed by atoms with E-state index in [0.717, 1.165) is 22.2 Å². The summed E-state index contributed by atoms with van der Waals surface area (Å²) in [6, 6.07) is 3.78. The zero-order chi connectivity index (χ0) is 28.5. The van der Waals surface area contributed by atoms with Crippen molar-refractivity contribution in [2.45, 2.75) is 39.1 Å². The number of benzene rings is 1. The lowest BCUT2D eigenvalue weighted by Gasteiger charge is -2.50. The van der Waals surface area contributed by atoms with E-state index in [0.29, 0.717) is 54.2 Å². The SMILES string of the molecule is CC(=O)N1CC2(CCN(Cc3cnc(Cl)nc3Oc3cnc4c(ccc5sc6c(c54)NC[C@@H](C)NC6=O)n3)C2O)C1. The van der Waals surface area contributed by atoms with Crippen molar-refractivity contribution in [1.29, 1.82) is 0 Å². The summed E-state index contributed by atoms with van der Waals surface area (Å²) >= 11 is 7.55. The van der Waals surface area contributed by atoms with Gasteiger partial charge >= 0.3 is 0 Å². The van der Waals surface area contributed by atoms with Crippen LogP contribution in [0.4, 0.5) is 5.69 Å². The first kappa shape index (κ1) is 26.3. The molecule has 0 aliphatic carbocycles. The normalized spacial score (nSPS) is 21.9. The van der Waals surface area contributed by atoms with Crippen LogP contribution >= 0.6 is 22.9 Å². The number of nitrogens with zero attached hydrogens (tertiary/aromatic N) is 6. The molecule has 2 fully saturated rings. The predicted octanol–water partition coefficient (Wildman–Crippen LogP) is 3.00. The van der Waals surface area contributed by atoms with E-state index in [1.165, 1.54) is 17.5 Å². The van der Waals surface area contributed by atoms with Gasteiger partial charge in [-0.25, -0.2) is 15.0 Å². The first-order valence-corrected chi connectivity index (χ1v) is 14.5. The maximum absolute atomic E-state index is 12.7. The quantitative estimate of drug-likeness (QED) is 0.301. The molecule has 6 heterocycles.